The van der Waals surface area contributed by atoms with Crippen molar-refractivity contribution in [1.82, 2.24) is 0 Å². The number of ether oxygens (including phenoxy) is 2. The third kappa shape index (κ3) is 2.43. The van der Waals surface area contributed by atoms with E-state index < -0.39 is 53.5 Å². The van der Waals surface area contributed by atoms with Crippen molar-refractivity contribution >= 4 is 11.6 Å². The van der Waals surface area contributed by atoms with Crippen molar-refractivity contribution in [3.8, 4) is 11.5 Å². The highest BCUT2D eigenvalue weighted by molar-refractivity contribution is 6.31. The second-order valence-corrected chi connectivity index (χ2v) is 8.48. The molecule has 3 N–H and O–H groups in total. The molecule has 3 aliphatic rings. The Morgan fingerprint density at radius 3 is 2.29 bits per heavy atom. The molecule has 2 unspecified atom stereocenters. The molecule has 0 spiro atoms. The van der Waals surface area contributed by atoms with Crippen LogP contribution in [-0.2, 0) is 22.3 Å². The van der Waals surface area contributed by atoms with Gasteiger partial charge in [0.2, 0.25) is 0 Å². The normalized spacial score (nSPS) is 26.4. The van der Waals surface area contributed by atoms with Gasteiger partial charge in [-0.25, -0.2) is 4.39 Å². The average molecular weight is 428 g/mol. The monoisotopic (exact) mass is 428 g/mol. The van der Waals surface area contributed by atoms with Gasteiger partial charge in [-0.15, -0.1) is 0 Å². The van der Waals surface area contributed by atoms with Gasteiger partial charge in [0.05, 0.1) is 24.3 Å². The Morgan fingerprint density at radius 2 is 1.61 bits per heavy atom. The third-order valence-corrected chi connectivity index (χ3v) is 6.83. The van der Waals surface area contributed by atoms with Crippen LogP contribution in [0.4, 0.5) is 4.39 Å². The average Bonchev–Trinajstić information content (AvgIpc) is 3.18. The third-order valence-electron chi connectivity index (χ3n) is 6.83. The Balaban J connectivity index is 1.73. The molecule has 2 aromatic rings. The van der Waals surface area contributed by atoms with Gasteiger partial charge in [-0.1, -0.05) is 18.2 Å². The number of rotatable bonds is 1. The van der Waals surface area contributed by atoms with Gasteiger partial charge in [0, 0.05) is 35.1 Å². The zero-order valence-electron chi connectivity index (χ0n) is 17.0. The molecule has 2 atom stereocenters. The lowest BCUT2D eigenvalue weighted by Gasteiger charge is -2.45. The summed E-state index contributed by atoms with van der Waals surface area (Å²) in [7, 11) is 0. The van der Waals surface area contributed by atoms with Crippen molar-refractivity contribution in [3.05, 3.63) is 57.1 Å². The number of phenolic OH excluding ortho intramolecular Hbond substituents is 2. The van der Waals surface area contributed by atoms with Gasteiger partial charge in [0.25, 0.3) is 0 Å². The van der Waals surface area contributed by atoms with Crippen molar-refractivity contribution in [2.24, 2.45) is 0 Å². The molecule has 31 heavy (non-hydrogen) atoms. The molecule has 2 aliphatic carbocycles. The molecule has 0 saturated carbocycles. The van der Waals surface area contributed by atoms with Crippen molar-refractivity contribution < 1.29 is 38.8 Å². The highest BCUT2D eigenvalue weighted by atomic mass is 19.1. The summed E-state index contributed by atoms with van der Waals surface area (Å²) >= 11 is 0. The van der Waals surface area contributed by atoms with Crippen molar-refractivity contribution in [2.45, 2.75) is 44.2 Å². The maximum absolute atomic E-state index is 15.3. The first-order valence-corrected chi connectivity index (χ1v) is 10.0. The van der Waals surface area contributed by atoms with E-state index in [9.17, 15) is 24.9 Å². The standard InChI is InChI=1S/C23H21FO7/c1-10-4-3-5-11-15(10)21(28)17-16(18(11)25)20(27)13-9-23(29,22(2)30-6-7-31-22)14(24)8-12(13)19(17)26/h3-5,14,26-27,29H,6-9H2,1-2H3. The lowest BCUT2D eigenvalue weighted by atomic mass is 9.70. The summed E-state index contributed by atoms with van der Waals surface area (Å²) < 4.78 is 26.2. The minimum absolute atomic E-state index is 0.00484. The first-order chi connectivity index (χ1) is 14.6. The number of carbonyl (C=O) groups excluding carboxylic acids is 2. The predicted molar refractivity (Wildman–Crippen MR) is 105 cm³/mol. The van der Waals surface area contributed by atoms with E-state index in [1.807, 2.05) is 0 Å². The molecule has 2 aromatic carbocycles. The molecular weight excluding hydrogens is 407 g/mol. The van der Waals surface area contributed by atoms with Crippen LogP contribution in [0.2, 0.25) is 0 Å². The van der Waals surface area contributed by atoms with Crippen LogP contribution in [0, 0.1) is 6.92 Å². The van der Waals surface area contributed by atoms with Crippen molar-refractivity contribution in [2.75, 3.05) is 13.2 Å². The smallest absolute Gasteiger partial charge is 0.198 e. The molecule has 0 aromatic heterocycles. The topological polar surface area (TPSA) is 113 Å². The van der Waals surface area contributed by atoms with E-state index in [0.29, 0.717) is 5.56 Å². The van der Waals surface area contributed by atoms with Crippen LogP contribution in [0.25, 0.3) is 0 Å². The van der Waals surface area contributed by atoms with Gasteiger partial charge in [0.1, 0.15) is 17.7 Å². The van der Waals surface area contributed by atoms with Crippen molar-refractivity contribution in [3.63, 3.8) is 0 Å². The summed E-state index contributed by atoms with van der Waals surface area (Å²) in [6.07, 6.45) is -2.85. The van der Waals surface area contributed by atoms with E-state index in [4.69, 9.17) is 9.47 Å². The SMILES string of the molecule is Cc1cccc2c1C(=O)c1c(O)c3c(c(O)c1C2=O)CC(O)(C1(C)OCCO1)C(F)C3. The number of benzene rings is 2. The molecule has 7 nitrogen and oxygen atoms in total. The minimum atomic E-state index is -2.16. The lowest BCUT2D eigenvalue weighted by molar-refractivity contribution is -0.279. The first-order valence-electron chi connectivity index (χ1n) is 10.0. The predicted octanol–water partition coefficient (Wildman–Crippen LogP) is 2.11. The van der Waals surface area contributed by atoms with Gasteiger partial charge in [0.15, 0.2) is 23.0 Å². The molecule has 1 fully saturated rings. The van der Waals surface area contributed by atoms with Gasteiger partial charge in [-0.3, -0.25) is 9.59 Å². The van der Waals surface area contributed by atoms with Crippen LogP contribution in [0.1, 0.15) is 55.5 Å². The Bertz CT molecular complexity index is 1170. The number of aromatic hydroxyl groups is 2. The van der Waals surface area contributed by atoms with E-state index in [2.05, 4.69) is 0 Å². The maximum Gasteiger partial charge on any atom is 0.198 e. The number of phenols is 2. The van der Waals surface area contributed by atoms with Gasteiger partial charge < -0.3 is 24.8 Å². The molecule has 1 aliphatic heterocycles. The maximum atomic E-state index is 15.3. The zero-order valence-corrected chi connectivity index (χ0v) is 17.0. The quantitative estimate of drug-likeness (QED) is 0.509. The molecule has 8 heteroatoms. The van der Waals surface area contributed by atoms with Crippen molar-refractivity contribution in [1.29, 1.82) is 0 Å². The Kier molecular flexibility index (Phi) is 4.12. The molecule has 162 valence electrons. The summed E-state index contributed by atoms with van der Waals surface area (Å²) in [4.78, 5) is 26.4. The number of halogens is 1. The Labute approximate surface area is 177 Å². The number of fused-ring (bicyclic) bond motifs is 3. The van der Waals surface area contributed by atoms with E-state index in [1.54, 1.807) is 19.1 Å². The molecule has 0 bridgehead atoms. The molecular formula is C23H21FO7. The number of alkyl halides is 1. The fraction of sp³-hybridized carbons (Fsp3) is 0.391. The van der Waals surface area contributed by atoms with E-state index >= 15 is 4.39 Å². The second kappa shape index (κ2) is 6.35. The molecule has 1 saturated heterocycles. The highest BCUT2D eigenvalue weighted by Gasteiger charge is 2.60. The second-order valence-electron chi connectivity index (χ2n) is 8.48. The van der Waals surface area contributed by atoms with Gasteiger partial charge in [-0.2, -0.15) is 0 Å². The van der Waals surface area contributed by atoms with E-state index in [-0.39, 0.29) is 46.6 Å². The van der Waals surface area contributed by atoms with E-state index in [0.717, 1.165) is 0 Å². The number of aliphatic hydroxyl groups is 1. The highest BCUT2D eigenvalue weighted by Crippen LogP contribution is 2.50. The summed E-state index contributed by atoms with van der Waals surface area (Å²) in [6.45, 7) is 3.43. The van der Waals surface area contributed by atoms with Crippen LogP contribution in [0.5, 0.6) is 11.5 Å². The first kappa shape index (κ1) is 20.1. The Morgan fingerprint density at radius 1 is 1.00 bits per heavy atom. The Hall–Kier alpha value is -2.81. The number of hydrogen-bond donors (Lipinski definition) is 3. The van der Waals surface area contributed by atoms with Crippen LogP contribution >= 0.6 is 0 Å². The van der Waals surface area contributed by atoms with Gasteiger partial charge in [-0.05, 0) is 19.4 Å². The minimum Gasteiger partial charge on any atom is -0.507 e. The molecule has 0 amide bonds. The molecule has 0 radical (unpaired) electrons. The fourth-order valence-electron chi connectivity index (χ4n) is 5.03. The van der Waals surface area contributed by atoms with Crippen LogP contribution < -0.4 is 0 Å². The van der Waals surface area contributed by atoms with Gasteiger partial charge >= 0.3 is 0 Å². The zero-order chi connectivity index (χ0) is 22.3. The number of carbonyl (C=O) groups is 2. The number of hydrogen-bond acceptors (Lipinski definition) is 7. The van der Waals surface area contributed by atoms with E-state index in [1.165, 1.54) is 13.0 Å². The number of aryl methyl sites for hydroxylation is 1. The fourth-order valence-corrected chi connectivity index (χ4v) is 5.03. The molecule has 5 rings (SSSR count). The summed E-state index contributed by atoms with van der Waals surface area (Å²) in [5, 5.41) is 33.2. The molecule has 1 heterocycles. The van der Waals surface area contributed by atoms with Crippen LogP contribution in [-0.4, -0.2) is 57.7 Å². The summed E-state index contributed by atoms with van der Waals surface area (Å²) in [6, 6.07) is 4.78. The summed E-state index contributed by atoms with van der Waals surface area (Å²) in [5.41, 5.74) is -2.00. The number of ketones is 2. The van der Waals surface area contributed by atoms with Crippen LogP contribution in [0.3, 0.4) is 0 Å². The largest absolute Gasteiger partial charge is 0.507 e. The lowest BCUT2D eigenvalue weighted by Crippen LogP contribution is -2.62. The van der Waals surface area contributed by atoms with Crippen LogP contribution in [0.15, 0.2) is 18.2 Å². The summed E-state index contributed by atoms with van der Waals surface area (Å²) in [5.74, 6) is -3.97.